The maximum Gasteiger partial charge on any atom is 0.269 e. The first kappa shape index (κ1) is 22.7. The van der Waals surface area contributed by atoms with Crippen LogP contribution in [-0.2, 0) is 21.9 Å². The van der Waals surface area contributed by atoms with Crippen LogP contribution in [0.1, 0.15) is 18.1 Å². The van der Waals surface area contributed by atoms with E-state index in [1.807, 2.05) is 12.1 Å². The predicted molar refractivity (Wildman–Crippen MR) is 115 cm³/mol. The van der Waals surface area contributed by atoms with Crippen molar-refractivity contribution in [2.75, 3.05) is 12.8 Å². The molecule has 154 valence electrons. The SMILES string of the molecule is CNC(=O)[C@@H](C)N(Cc1ccc(Cl)cc1)C(=O)CSCc1ccc([N+](=O)[O-])cc1. The maximum absolute atomic E-state index is 12.8. The van der Waals surface area contributed by atoms with Crippen molar-refractivity contribution in [3.05, 3.63) is 74.8 Å². The number of rotatable bonds is 9. The van der Waals surface area contributed by atoms with Gasteiger partial charge in [-0.15, -0.1) is 11.8 Å². The zero-order valence-corrected chi connectivity index (χ0v) is 17.7. The van der Waals surface area contributed by atoms with E-state index in [0.717, 1.165) is 11.1 Å². The number of hydrogen-bond acceptors (Lipinski definition) is 5. The summed E-state index contributed by atoms with van der Waals surface area (Å²) in [7, 11) is 1.53. The predicted octanol–water partition coefficient (Wildman–Crippen LogP) is 3.64. The van der Waals surface area contributed by atoms with Crippen molar-refractivity contribution in [1.82, 2.24) is 10.2 Å². The summed E-state index contributed by atoms with van der Waals surface area (Å²) in [5.41, 5.74) is 1.79. The highest BCUT2D eigenvalue weighted by atomic mass is 35.5. The van der Waals surface area contributed by atoms with Gasteiger partial charge < -0.3 is 10.2 Å². The van der Waals surface area contributed by atoms with Gasteiger partial charge in [-0.2, -0.15) is 0 Å². The molecular weight excluding hydrogens is 414 g/mol. The Bertz CT molecular complexity index is 859. The van der Waals surface area contributed by atoms with Crippen molar-refractivity contribution in [2.45, 2.75) is 25.3 Å². The number of nitro benzene ring substituents is 1. The van der Waals surface area contributed by atoms with Gasteiger partial charge in [-0.25, -0.2) is 0 Å². The molecule has 0 saturated carbocycles. The van der Waals surface area contributed by atoms with Crippen molar-refractivity contribution in [3.63, 3.8) is 0 Å². The molecule has 2 aromatic carbocycles. The fourth-order valence-electron chi connectivity index (χ4n) is 2.63. The minimum Gasteiger partial charge on any atom is -0.357 e. The van der Waals surface area contributed by atoms with Crippen LogP contribution in [0.2, 0.25) is 5.02 Å². The van der Waals surface area contributed by atoms with E-state index in [1.165, 1.54) is 35.8 Å². The minimum absolute atomic E-state index is 0.0309. The summed E-state index contributed by atoms with van der Waals surface area (Å²) in [4.78, 5) is 36.7. The van der Waals surface area contributed by atoms with Gasteiger partial charge in [0, 0.05) is 36.5 Å². The summed E-state index contributed by atoms with van der Waals surface area (Å²) >= 11 is 7.31. The van der Waals surface area contributed by atoms with Gasteiger partial charge in [0.25, 0.3) is 5.69 Å². The highest BCUT2D eigenvalue weighted by Gasteiger charge is 2.25. The van der Waals surface area contributed by atoms with Crippen molar-refractivity contribution in [2.24, 2.45) is 0 Å². The average molecular weight is 436 g/mol. The van der Waals surface area contributed by atoms with Crippen LogP contribution in [0.25, 0.3) is 0 Å². The van der Waals surface area contributed by atoms with Crippen LogP contribution in [0.5, 0.6) is 0 Å². The Hall–Kier alpha value is -2.58. The van der Waals surface area contributed by atoms with Gasteiger partial charge in [-0.1, -0.05) is 35.9 Å². The first-order chi connectivity index (χ1) is 13.8. The Morgan fingerprint density at radius 2 is 1.72 bits per heavy atom. The molecule has 0 radical (unpaired) electrons. The van der Waals surface area contributed by atoms with Crippen molar-refractivity contribution in [1.29, 1.82) is 0 Å². The summed E-state index contributed by atoms with van der Waals surface area (Å²) in [5, 5.41) is 13.9. The van der Waals surface area contributed by atoms with Gasteiger partial charge >= 0.3 is 0 Å². The van der Waals surface area contributed by atoms with Gasteiger partial charge in [-0.05, 0) is 30.2 Å². The topological polar surface area (TPSA) is 92.6 Å². The molecule has 0 unspecified atom stereocenters. The number of nitrogens with zero attached hydrogens (tertiary/aromatic N) is 2. The second-order valence-corrected chi connectivity index (χ2v) is 7.78. The fraction of sp³-hybridized carbons (Fsp3) is 0.300. The van der Waals surface area contributed by atoms with Crippen LogP contribution >= 0.6 is 23.4 Å². The zero-order valence-electron chi connectivity index (χ0n) is 16.1. The van der Waals surface area contributed by atoms with Crippen LogP contribution in [0, 0.1) is 10.1 Å². The number of hydrogen-bond donors (Lipinski definition) is 1. The summed E-state index contributed by atoms with van der Waals surface area (Å²) in [5.74, 6) is 0.314. The number of carbonyl (C=O) groups excluding carboxylic acids is 2. The number of benzene rings is 2. The first-order valence-corrected chi connectivity index (χ1v) is 10.4. The summed E-state index contributed by atoms with van der Waals surface area (Å²) < 4.78 is 0. The van der Waals surface area contributed by atoms with E-state index in [2.05, 4.69) is 5.32 Å². The summed E-state index contributed by atoms with van der Waals surface area (Å²) in [6, 6.07) is 12.7. The van der Waals surface area contributed by atoms with E-state index in [4.69, 9.17) is 11.6 Å². The highest BCUT2D eigenvalue weighted by Crippen LogP contribution is 2.19. The molecule has 2 amide bonds. The molecule has 0 bridgehead atoms. The van der Waals surface area contributed by atoms with E-state index < -0.39 is 11.0 Å². The lowest BCUT2D eigenvalue weighted by Gasteiger charge is -2.28. The molecule has 0 aromatic heterocycles. The number of likely N-dealkylation sites (N-methyl/N-ethyl adjacent to an activating group) is 1. The standard InChI is InChI=1S/C20H22ClN3O4S/c1-14(20(26)22-2)23(11-15-3-7-17(21)8-4-15)19(25)13-29-12-16-5-9-18(10-6-16)24(27)28/h3-10,14H,11-13H2,1-2H3,(H,22,26)/t14-/m1/s1. The molecule has 9 heteroatoms. The largest absolute Gasteiger partial charge is 0.357 e. The molecule has 0 aliphatic heterocycles. The molecule has 0 aliphatic carbocycles. The number of nitro groups is 1. The molecule has 1 N–H and O–H groups in total. The quantitative estimate of drug-likeness (QED) is 0.479. The van der Waals surface area contributed by atoms with Crippen molar-refractivity contribution in [3.8, 4) is 0 Å². The lowest BCUT2D eigenvalue weighted by Crippen LogP contribution is -2.47. The third-order valence-corrected chi connectivity index (χ3v) is 5.56. The average Bonchev–Trinajstić information content (AvgIpc) is 2.72. The second-order valence-electron chi connectivity index (χ2n) is 6.35. The minimum atomic E-state index is -0.622. The molecule has 29 heavy (non-hydrogen) atoms. The maximum atomic E-state index is 12.8. The molecular formula is C20H22ClN3O4S. The van der Waals surface area contributed by atoms with E-state index >= 15 is 0 Å². The second kappa shape index (κ2) is 10.8. The van der Waals surface area contributed by atoms with E-state index in [-0.39, 0.29) is 23.3 Å². The molecule has 0 spiro atoms. The lowest BCUT2D eigenvalue weighted by atomic mass is 10.1. The van der Waals surface area contributed by atoms with Gasteiger partial charge in [0.15, 0.2) is 0 Å². The van der Waals surface area contributed by atoms with Gasteiger partial charge in [-0.3, -0.25) is 19.7 Å². The number of thioether (sulfide) groups is 1. The Labute approximate surface area is 178 Å². The normalized spacial score (nSPS) is 11.6. The Morgan fingerprint density at radius 1 is 1.14 bits per heavy atom. The number of non-ortho nitro benzene ring substituents is 1. The van der Waals surface area contributed by atoms with Crippen LogP contribution < -0.4 is 5.32 Å². The Balaban J connectivity index is 2.01. The third-order valence-electron chi connectivity index (χ3n) is 4.32. The number of carbonyl (C=O) groups is 2. The molecule has 0 heterocycles. The Morgan fingerprint density at radius 3 is 2.28 bits per heavy atom. The molecule has 2 rings (SSSR count). The van der Waals surface area contributed by atoms with E-state index in [1.54, 1.807) is 31.2 Å². The zero-order chi connectivity index (χ0) is 21.4. The van der Waals surface area contributed by atoms with Gasteiger partial charge in [0.1, 0.15) is 6.04 Å². The summed E-state index contributed by atoms with van der Waals surface area (Å²) in [6.45, 7) is 1.98. The molecule has 0 fully saturated rings. The first-order valence-electron chi connectivity index (χ1n) is 8.88. The lowest BCUT2D eigenvalue weighted by molar-refractivity contribution is -0.384. The molecule has 2 aromatic rings. The molecule has 7 nitrogen and oxygen atoms in total. The monoisotopic (exact) mass is 435 g/mol. The van der Waals surface area contributed by atoms with Crippen LogP contribution in [0.3, 0.4) is 0 Å². The van der Waals surface area contributed by atoms with E-state index in [9.17, 15) is 19.7 Å². The van der Waals surface area contributed by atoms with Gasteiger partial charge in [0.2, 0.25) is 11.8 Å². The van der Waals surface area contributed by atoms with E-state index in [0.29, 0.717) is 17.3 Å². The number of amides is 2. The molecule has 0 aliphatic rings. The highest BCUT2D eigenvalue weighted by molar-refractivity contribution is 7.99. The fourth-order valence-corrected chi connectivity index (χ4v) is 3.63. The van der Waals surface area contributed by atoms with Crippen LogP contribution in [0.15, 0.2) is 48.5 Å². The smallest absolute Gasteiger partial charge is 0.269 e. The molecule has 1 atom stereocenters. The summed E-state index contributed by atoms with van der Waals surface area (Å²) in [6.07, 6.45) is 0. The van der Waals surface area contributed by atoms with Gasteiger partial charge in [0.05, 0.1) is 10.7 Å². The molecule has 0 saturated heterocycles. The Kier molecular flexibility index (Phi) is 8.48. The van der Waals surface area contributed by atoms with Crippen LogP contribution in [0.4, 0.5) is 5.69 Å². The van der Waals surface area contributed by atoms with Crippen molar-refractivity contribution < 1.29 is 14.5 Å². The van der Waals surface area contributed by atoms with Crippen molar-refractivity contribution >= 4 is 40.9 Å². The number of halogens is 1. The third kappa shape index (κ3) is 6.76. The number of nitrogens with one attached hydrogen (secondary N) is 1. The van der Waals surface area contributed by atoms with Crippen LogP contribution in [-0.4, -0.2) is 40.5 Å².